The Morgan fingerprint density at radius 3 is 2.59 bits per heavy atom. The summed E-state index contributed by atoms with van der Waals surface area (Å²) < 4.78 is 16.3. The number of likely N-dealkylation sites (tertiary alicyclic amines) is 1. The first-order chi connectivity index (χ1) is 15.6. The summed E-state index contributed by atoms with van der Waals surface area (Å²) in [6, 6.07) is 11.6. The van der Waals surface area contributed by atoms with Crippen LogP contribution in [0.3, 0.4) is 0 Å². The number of rotatable bonds is 7. The molecule has 0 atom stereocenters. The van der Waals surface area contributed by atoms with Crippen LogP contribution < -0.4 is 4.74 Å². The van der Waals surface area contributed by atoms with Gasteiger partial charge in [0.2, 0.25) is 0 Å². The Hall–Kier alpha value is -3.13. The lowest BCUT2D eigenvalue weighted by Gasteiger charge is -2.31. The fourth-order valence-corrected chi connectivity index (χ4v) is 4.39. The summed E-state index contributed by atoms with van der Waals surface area (Å²) in [6.45, 7) is 2.12. The predicted octanol–water partition coefficient (Wildman–Crippen LogP) is 4.90. The van der Waals surface area contributed by atoms with Crippen LogP contribution in [0.1, 0.15) is 34.5 Å². The van der Waals surface area contributed by atoms with E-state index >= 15 is 0 Å². The smallest absolute Gasteiger partial charge is 0.410 e. The van der Waals surface area contributed by atoms with Crippen molar-refractivity contribution in [3.63, 3.8) is 0 Å². The Bertz CT molecular complexity index is 1060. The van der Waals surface area contributed by atoms with Crippen LogP contribution in [0.25, 0.3) is 10.8 Å². The summed E-state index contributed by atoms with van der Waals surface area (Å²) in [7, 11) is 1.37. The highest BCUT2D eigenvalue weighted by atomic mass is 32.1. The number of esters is 1. The van der Waals surface area contributed by atoms with Gasteiger partial charge in [0, 0.05) is 19.3 Å². The van der Waals surface area contributed by atoms with E-state index in [1.54, 1.807) is 16.6 Å². The van der Waals surface area contributed by atoms with Crippen LogP contribution in [-0.2, 0) is 16.1 Å². The minimum absolute atomic E-state index is 0.269. The van der Waals surface area contributed by atoms with Gasteiger partial charge in [0.25, 0.3) is 0 Å². The first-order valence-corrected chi connectivity index (χ1v) is 11.5. The van der Waals surface area contributed by atoms with E-state index in [1.807, 2.05) is 36.4 Å². The number of carbonyl (C=O) groups is 2. The van der Waals surface area contributed by atoms with Gasteiger partial charge in [-0.2, -0.15) is 0 Å². The van der Waals surface area contributed by atoms with Gasteiger partial charge in [-0.15, -0.1) is 11.3 Å². The molecule has 32 heavy (non-hydrogen) atoms. The molecule has 168 valence electrons. The summed E-state index contributed by atoms with van der Waals surface area (Å²) in [5.41, 5.74) is 2.16. The van der Waals surface area contributed by atoms with Gasteiger partial charge in [-0.3, -0.25) is 4.98 Å². The number of thiazole rings is 1. The minimum Gasteiger partial charge on any atom is -0.493 e. The number of benzene rings is 2. The number of carbonyl (C=O) groups excluding carboxylic acids is 2. The molecule has 1 aliphatic heterocycles. The number of hydrogen-bond acceptors (Lipinski definition) is 7. The highest BCUT2D eigenvalue weighted by Gasteiger charge is 2.24. The maximum atomic E-state index is 12.3. The zero-order chi connectivity index (χ0) is 22.3. The standard InChI is InChI=1S/C24H26N2O5S/c1-29-23(27)21-12-18-4-2-3-5-19(18)13-22(21)30-11-8-17-6-9-26(10-7-17)24(28)31-15-20-14-25-16-32-20/h2-5,12-14,16-17H,6-11,15H2,1H3. The van der Waals surface area contributed by atoms with Crippen LogP contribution >= 0.6 is 11.3 Å². The Morgan fingerprint density at radius 2 is 1.91 bits per heavy atom. The van der Waals surface area contributed by atoms with Crippen molar-refractivity contribution < 1.29 is 23.8 Å². The van der Waals surface area contributed by atoms with Crippen LogP contribution in [0.5, 0.6) is 5.75 Å². The largest absolute Gasteiger partial charge is 0.493 e. The molecular weight excluding hydrogens is 428 g/mol. The maximum absolute atomic E-state index is 12.3. The van der Waals surface area contributed by atoms with Crippen LogP contribution in [0.15, 0.2) is 48.1 Å². The van der Waals surface area contributed by atoms with Crippen molar-refractivity contribution in [2.24, 2.45) is 5.92 Å². The lowest BCUT2D eigenvalue weighted by Crippen LogP contribution is -2.39. The van der Waals surface area contributed by atoms with E-state index in [2.05, 4.69) is 4.98 Å². The lowest BCUT2D eigenvalue weighted by atomic mass is 9.94. The molecule has 2 heterocycles. The normalized spacial score (nSPS) is 14.3. The van der Waals surface area contributed by atoms with Gasteiger partial charge in [0.05, 0.1) is 24.1 Å². The fraction of sp³-hybridized carbons (Fsp3) is 0.375. The van der Waals surface area contributed by atoms with E-state index in [0.717, 1.165) is 34.9 Å². The number of ether oxygens (including phenoxy) is 3. The van der Waals surface area contributed by atoms with Gasteiger partial charge in [0.15, 0.2) is 0 Å². The number of nitrogens with zero attached hydrogens (tertiary/aromatic N) is 2. The molecule has 3 aromatic rings. The second-order valence-electron chi connectivity index (χ2n) is 7.78. The molecule has 0 radical (unpaired) electrons. The highest BCUT2D eigenvalue weighted by Crippen LogP contribution is 2.28. The highest BCUT2D eigenvalue weighted by molar-refractivity contribution is 7.09. The molecule has 0 unspecified atom stereocenters. The third kappa shape index (κ3) is 5.37. The van der Waals surface area contributed by atoms with Gasteiger partial charge in [-0.05, 0) is 48.1 Å². The molecule has 0 N–H and O–H groups in total. The van der Waals surface area contributed by atoms with Crippen LogP contribution in [0, 0.1) is 5.92 Å². The predicted molar refractivity (Wildman–Crippen MR) is 122 cm³/mol. The number of piperidine rings is 1. The summed E-state index contributed by atoms with van der Waals surface area (Å²) in [5.74, 6) is 0.595. The van der Waals surface area contributed by atoms with E-state index < -0.39 is 5.97 Å². The van der Waals surface area contributed by atoms with E-state index in [4.69, 9.17) is 14.2 Å². The second-order valence-corrected chi connectivity index (χ2v) is 8.75. The van der Waals surface area contributed by atoms with E-state index in [-0.39, 0.29) is 12.7 Å². The van der Waals surface area contributed by atoms with E-state index in [9.17, 15) is 9.59 Å². The molecular formula is C24H26N2O5S. The van der Waals surface area contributed by atoms with Crippen molar-refractivity contribution in [1.82, 2.24) is 9.88 Å². The molecule has 0 aliphatic carbocycles. The molecule has 0 spiro atoms. The van der Waals surface area contributed by atoms with Crippen LogP contribution in [0.4, 0.5) is 4.79 Å². The number of amides is 1. The average Bonchev–Trinajstić information content (AvgIpc) is 3.36. The Morgan fingerprint density at radius 1 is 1.16 bits per heavy atom. The minimum atomic E-state index is -0.407. The molecule has 8 heteroatoms. The molecule has 4 rings (SSSR count). The molecule has 7 nitrogen and oxygen atoms in total. The maximum Gasteiger partial charge on any atom is 0.410 e. The second kappa shape index (κ2) is 10.5. The third-order valence-corrected chi connectivity index (χ3v) is 6.48. The molecule has 1 fully saturated rings. The summed E-state index contributed by atoms with van der Waals surface area (Å²) in [4.78, 5) is 31.2. The fourth-order valence-electron chi connectivity index (χ4n) is 3.89. The molecule has 0 bridgehead atoms. The molecule has 1 amide bonds. The zero-order valence-electron chi connectivity index (χ0n) is 18.0. The van der Waals surface area contributed by atoms with Crippen molar-refractivity contribution in [3.05, 3.63) is 58.5 Å². The average molecular weight is 455 g/mol. The first-order valence-electron chi connectivity index (χ1n) is 10.7. The van der Waals surface area contributed by atoms with Crippen molar-refractivity contribution in [2.45, 2.75) is 25.9 Å². The van der Waals surface area contributed by atoms with Gasteiger partial charge in [-0.1, -0.05) is 24.3 Å². The van der Waals surface area contributed by atoms with E-state index in [1.165, 1.54) is 18.4 Å². The SMILES string of the molecule is COC(=O)c1cc2ccccc2cc1OCCC1CCN(C(=O)OCc2cncs2)CC1. The zero-order valence-corrected chi connectivity index (χ0v) is 18.8. The molecule has 2 aromatic carbocycles. The van der Waals surface area contributed by atoms with Crippen molar-refractivity contribution in [1.29, 1.82) is 0 Å². The summed E-state index contributed by atoms with van der Waals surface area (Å²) in [5, 5.41) is 1.98. The van der Waals surface area contributed by atoms with Gasteiger partial charge < -0.3 is 19.1 Å². The first kappa shape index (κ1) is 22.1. The summed E-state index contributed by atoms with van der Waals surface area (Å²) >= 11 is 1.47. The van der Waals surface area contributed by atoms with Crippen molar-refractivity contribution in [3.8, 4) is 5.75 Å². The monoisotopic (exact) mass is 454 g/mol. The van der Waals surface area contributed by atoms with Crippen LogP contribution in [-0.4, -0.2) is 48.8 Å². The number of aromatic nitrogens is 1. The number of methoxy groups -OCH3 is 1. The Labute approximate surface area is 190 Å². The number of fused-ring (bicyclic) bond motifs is 1. The Kier molecular flexibility index (Phi) is 7.21. The molecule has 1 aromatic heterocycles. The van der Waals surface area contributed by atoms with Crippen LogP contribution in [0.2, 0.25) is 0 Å². The lowest BCUT2D eigenvalue weighted by molar-refractivity contribution is 0.0596. The van der Waals surface area contributed by atoms with Gasteiger partial charge in [0.1, 0.15) is 17.9 Å². The molecule has 1 saturated heterocycles. The molecule has 1 aliphatic rings. The summed E-state index contributed by atoms with van der Waals surface area (Å²) in [6.07, 6.45) is 4.11. The van der Waals surface area contributed by atoms with Gasteiger partial charge >= 0.3 is 12.1 Å². The topological polar surface area (TPSA) is 78.0 Å². The molecule has 0 saturated carbocycles. The van der Waals surface area contributed by atoms with Crippen molar-refractivity contribution >= 4 is 34.2 Å². The van der Waals surface area contributed by atoms with E-state index in [0.29, 0.717) is 36.9 Å². The number of hydrogen-bond donors (Lipinski definition) is 0. The van der Waals surface area contributed by atoms with Crippen molar-refractivity contribution in [2.75, 3.05) is 26.8 Å². The van der Waals surface area contributed by atoms with Gasteiger partial charge in [-0.25, -0.2) is 9.59 Å². The quantitative estimate of drug-likeness (QED) is 0.473. The third-order valence-electron chi connectivity index (χ3n) is 5.73. The Balaban J connectivity index is 1.27.